The van der Waals surface area contributed by atoms with Gasteiger partial charge in [0.1, 0.15) is 0 Å². The summed E-state index contributed by atoms with van der Waals surface area (Å²) in [5.41, 5.74) is 1.76. The van der Waals surface area contributed by atoms with E-state index in [4.69, 9.17) is 4.43 Å². The second-order valence-electron chi connectivity index (χ2n) is 10.7. The van der Waals surface area contributed by atoms with Gasteiger partial charge >= 0.3 is 0 Å². The normalized spacial score (nSPS) is 26.5. The van der Waals surface area contributed by atoms with Crippen LogP contribution in [-0.2, 0) is 4.43 Å². The lowest BCUT2D eigenvalue weighted by molar-refractivity contribution is 0.156. The van der Waals surface area contributed by atoms with Gasteiger partial charge in [0.15, 0.2) is 8.32 Å². The van der Waals surface area contributed by atoms with Crippen LogP contribution < -0.4 is 5.19 Å². The zero-order chi connectivity index (χ0) is 20.2. The minimum absolute atomic E-state index is 0.235. The maximum Gasteiger partial charge on any atom is 0.192 e. The van der Waals surface area contributed by atoms with Gasteiger partial charge in [-0.2, -0.15) is 0 Å². The zero-order valence-electron chi connectivity index (χ0n) is 19.0. The summed E-state index contributed by atoms with van der Waals surface area (Å²) in [4.78, 5) is 0. The molecule has 28 heavy (non-hydrogen) atoms. The van der Waals surface area contributed by atoms with Crippen LogP contribution in [0.3, 0.4) is 0 Å². The Morgan fingerprint density at radius 3 is 2.36 bits per heavy atom. The van der Waals surface area contributed by atoms with E-state index >= 15 is 0 Å². The molecule has 2 aliphatic rings. The van der Waals surface area contributed by atoms with E-state index in [-0.39, 0.29) is 9.52 Å². The molecule has 0 aliphatic heterocycles. The van der Waals surface area contributed by atoms with E-state index < -0.39 is 8.32 Å². The minimum atomic E-state index is -1.71. The molecule has 2 saturated carbocycles. The van der Waals surface area contributed by atoms with Gasteiger partial charge < -0.3 is 4.43 Å². The molecule has 0 amide bonds. The highest BCUT2D eigenvalue weighted by atomic mass is 28.4. The van der Waals surface area contributed by atoms with E-state index in [9.17, 15) is 0 Å². The van der Waals surface area contributed by atoms with E-state index in [1.54, 1.807) is 10.8 Å². The van der Waals surface area contributed by atoms with Crippen LogP contribution >= 0.6 is 0 Å². The second kappa shape index (κ2) is 9.44. The molecule has 0 bridgehead atoms. The van der Waals surface area contributed by atoms with E-state index in [0.29, 0.717) is 17.1 Å². The maximum atomic E-state index is 7.00. The first-order valence-electron chi connectivity index (χ1n) is 11.7. The standard InChI is InChI=1S/C25H42OSi2/c1-25(2,3)28(4,5)26-24-17-16-21(18-20-12-8-6-9-13-20)23(24)19-27-22-14-10-7-11-15-22/h7,10-11,14-15,18,20,23-24H,6,8-9,12-13,16-17,19,27H2,1-5H3/b21-18+/t23-,24+/m1/s1. The minimum Gasteiger partial charge on any atom is -0.413 e. The van der Waals surface area contributed by atoms with Crippen LogP contribution in [0.5, 0.6) is 0 Å². The van der Waals surface area contributed by atoms with Gasteiger partial charge in [-0.25, -0.2) is 0 Å². The van der Waals surface area contributed by atoms with Crippen molar-refractivity contribution in [1.29, 1.82) is 0 Å². The lowest BCUT2D eigenvalue weighted by Crippen LogP contribution is -2.45. The Morgan fingerprint density at radius 2 is 1.71 bits per heavy atom. The molecule has 0 N–H and O–H groups in total. The van der Waals surface area contributed by atoms with Gasteiger partial charge in [0.05, 0.1) is 15.6 Å². The highest BCUT2D eigenvalue weighted by Gasteiger charge is 2.43. The van der Waals surface area contributed by atoms with Crippen LogP contribution in [0.2, 0.25) is 24.2 Å². The van der Waals surface area contributed by atoms with Crippen LogP contribution in [0.15, 0.2) is 42.0 Å². The first kappa shape index (κ1) is 22.0. The number of hydrogen-bond acceptors (Lipinski definition) is 1. The second-order valence-corrected chi connectivity index (χ2v) is 17.4. The molecule has 0 unspecified atom stereocenters. The third kappa shape index (κ3) is 5.70. The summed E-state index contributed by atoms with van der Waals surface area (Å²) >= 11 is 0. The fourth-order valence-electron chi connectivity index (χ4n) is 4.78. The van der Waals surface area contributed by atoms with E-state index in [2.05, 4.69) is 70.3 Å². The lowest BCUT2D eigenvalue weighted by atomic mass is 9.86. The summed E-state index contributed by atoms with van der Waals surface area (Å²) in [6.07, 6.45) is 12.9. The molecule has 3 heteroatoms. The molecule has 0 aromatic heterocycles. The summed E-state index contributed by atoms with van der Waals surface area (Å²) < 4.78 is 7.00. The molecular formula is C25H42OSi2. The molecule has 1 aromatic carbocycles. The fourth-order valence-corrected chi connectivity index (χ4v) is 8.16. The lowest BCUT2D eigenvalue weighted by Gasteiger charge is -2.40. The highest BCUT2D eigenvalue weighted by Crippen LogP contribution is 2.44. The van der Waals surface area contributed by atoms with Crippen molar-refractivity contribution in [2.24, 2.45) is 11.8 Å². The van der Waals surface area contributed by atoms with Crippen molar-refractivity contribution in [1.82, 2.24) is 0 Å². The summed E-state index contributed by atoms with van der Waals surface area (Å²) in [6.45, 7) is 12.0. The Kier molecular flexibility index (Phi) is 7.44. The summed E-state index contributed by atoms with van der Waals surface area (Å²) in [7, 11) is -1.95. The van der Waals surface area contributed by atoms with Gasteiger partial charge in [0, 0.05) is 5.92 Å². The van der Waals surface area contributed by atoms with Crippen LogP contribution in [0.4, 0.5) is 0 Å². The number of hydrogen-bond donors (Lipinski definition) is 0. The van der Waals surface area contributed by atoms with Gasteiger partial charge in [-0.05, 0) is 55.8 Å². The molecule has 0 saturated heterocycles. The Bertz CT molecular complexity index is 638. The van der Waals surface area contributed by atoms with Gasteiger partial charge in [0.2, 0.25) is 0 Å². The SMILES string of the molecule is CC(C)(C)[Si](C)(C)O[C@H]1CC/C(=C\C2CCCCC2)[C@H]1C[SiH2]c1ccccc1. The molecule has 1 nitrogen and oxygen atoms in total. The first-order chi connectivity index (χ1) is 13.3. The molecule has 0 radical (unpaired) electrons. The number of rotatable bonds is 6. The van der Waals surface area contributed by atoms with Gasteiger partial charge in [-0.1, -0.05) is 87.2 Å². The van der Waals surface area contributed by atoms with Crippen LogP contribution in [0.1, 0.15) is 65.7 Å². The average Bonchev–Trinajstić information content (AvgIpc) is 3.01. The summed E-state index contributed by atoms with van der Waals surface area (Å²) in [5.74, 6) is 1.53. The van der Waals surface area contributed by atoms with E-state index in [0.717, 1.165) is 5.92 Å². The molecule has 2 fully saturated rings. The van der Waals surface area contributed by atoms with Gasteiger partial charge in [-0.3, -0.25) is 0 Å². The molecular weight excluding hydrogens is 372 g/mol. The molecule has 1 aromatic rings. The molecule has 3 rings (SSSR count). The smallest absolute Gasteiger partial charge is 0.192 e. The third-order valence-electron chi connectivity index (χ3n) is 7.58. The fraction of sp³-hybridized carbons (Fsp3) is 0.680. The number of allylic oxidation sites excluding steroid dienone is 1. The Morgan fingerprint density at radius 1 is 1.04 bits per heavy atom. The van der Waals surface area contributed by atoms with Crippen LogP contribution in [-0.4, -0.2) is 23.9 Å². The van der Waals surface area contributed by atoms with Crippen LogP contribution in [0.25, 0.3) is 0 Å². The van der Waals surface area contributed by atoms with Gasteiger partial charge in [0.25, 0.3) is 0 Å². The monoisotopic (exact) mass is 414 g/mol. The average molecular weight is 415 g/mol. The van der Waals surface area contributed by atoms with Crippen molar-refractivity contribution in [3.05, 3.63) is 42.0 Å². The highest BCUT2D eigenvalue weighted by molar-refractivity contribution is 6.74. The first-order valence-corrected chi connectivity index (χ1v) is 16.3. The van der Waals surface area contributed by atoms with Crippen molar-refractivity contribution < 1.29 is 4.43 Å². The van der Waals surface area contributed by atoms with Crippen molar-refractivity contribution >= 4 is 23.0 Å². The van der Waals surface area contributed by atoms with Crippen LogP contribution in [0, 0.1) is 11.8 Å². The van der Waals surface area contributed by atoms with E-state index in [1.165, 1.54) is 51.0 Å². The maximum absolute atomic E-state index is 7.00. The Balaban J connectivity index is 1.75. The zero-order valence-corrected chi connectivity index (χ0v) is 21.4. The van der Waals surface area contributed by atoms with Crippen molar-refractivity contribution in [2.45, 2.75) is 96.0 Å². The molecule has 0 heterocycles. The van der Waals surface area contributed by atoms with Crippen molar-refractivity contribution in [3.8, 4) is 0 Å². The predicted octanol–water partition coefficient (Wildman–Crippen LogP) is 6.21. The third-order valence-corrected chi connectivity index (χ3v) is 14.0. The molecule has 2 atom stereocenters. The number of benzene rings is 1. The van der Waals surface area contributed by atoms with Gasteiger partial charge in [-0.15, -0.1) is 0 Å². The molecule has 0 spiro atoms. The quantitative estimate of drug-likeness (QED) is 0.397. The summed E-state index contributed by atoms with van der Waals surface area (Å²) in [5, 5.41) is 1.90. The van der Waals surface area contributed by atoms with Crippen molar-refractivity contribution in [2.75, 3.05) is 0 Å². The van der Waals surface area contributed by atoms with Crippen molar-refractivity contribution in [3.63, 3.8) is 0 Å². The Hall–Kier alpha value is -0.646. The largest absolute Gasteiger partial charge is 0.413 e. The summed E-state index contributed by atoms with van der Waals surface area (Å²) in [6, 6.07) is 12.6. The molecule has 2 aliphatic carbocycles. The topological polar surface area (TPSA) is 9.23 Å². The van der Waals surface area contributed by atoms with E-state index in [1.807, 2.05) is 0 Å². The predicted molar refractivity (Wildman–Crippen MR) is 129 cm³/mol. The Labute approximate surface area is 177 Å². The molecule has 156 valence electrons.